The van der Waals surface area contributed by atoms with Gasteiger partial charge in [0, 0.05) is 30.6 Å². The number of aromatic nitrogens is 1. The summed E-state index contributed by atoms with van der Waals surface area (Å²) in [5, 5.41) is 9.83. The van der Waals surface area contributed by atoms with Gasteiger partial charge in [-0.25, -0.2) is 0 Å². The van der Waals surface area contributed by atoms with Gasteiger partial charge in [0.15, 0.2) is 0 Å². The van der Waals surface area contributed by atoms with E-state index in [0.29, 0.717) is 6.42 Å². The van der Waals surface area contributed by atoms with Gasteiger partial charge in [0.25, 0.3) is 0 Å². The predicted molar refractivity (Wildman–Crippen MR) is 61.5 cm³/mol. The lowest BCUT2D eigenvalue weighted by molar-refractivity contribution is 0.846. The molecule has 0 spiro atoms. The molecule has 0 atom stereocenters. The standard InChI is InChI=1S/C13H14N2/c1-15-10-11(6-4-5-9-14)12-7-2-3-8-13(12)15/h2-3,7-8,10H,4-6H2,1H3. The Kier molecular flexibility index (Phi) is 2.73. The largest absolute Gasteiger partial charge is 0.350 e. The molecule has 0 saturated carbocycles. The first kappa shape index (κ1) is 9.79. The Labute approximate surface area is 89.7 Å². The molecule has 15 heavy (non-hydrogen) atoms. The lowest BCUT2D eigenvalue weighted by Gasteiger charge is -1.95. The summed E-state index contributed by atoms with van der Waals surface area (Å²) in [5.74, 6) is 0. The molecule has 0 aliphatic heterocycles. The van der Waals surface area contributed by atoms with Crippen molar-refractivity contribution >= 4 is 10.9 Å². The van der Waals surface area contributed by atoms with E-state index in [1.807, 2.05) is 0 Å². The van der Waals surface area contributed by atoms with Crippen molar-refractivity contribution in [3.05, 3.63) is 36.0 Å². The van der Waals surface area contributed by atoms with Crippen molar-refractivity contribution in [3.63, 3.8) is 0 Å². The van der Waals surface area contributed by atoms with Gasteiger partial charge >= 0.3 is 0 Å². The first-order valence-corrected chi connectivity index (χ1v) is 5.23. The molecule has 0 fully saturated rings. The molecule has 0 unspecified atom stereocenters. The molecule has 1 heterocycles. The van der Waals surface area contributed by atoms with Crippen LogP contribution in [0, 0.1) is 11.3 Å². The van der Waals surface area contributed by atoms with Gasteiger partial charge in [0.05, 0.1) is 6.07 Å². The Morgan fingerprint density at radius 3 is 2.93 bits per heavy atom. The van der Waals surface area contributed by atoms with Crippen LogP contribution in [-0.4, -0.2) is 4.57 Å². The maximum Gasteiger partial charge on any atom is 0.0621 e. The van der Waals surface area contributed by atoms with Crippen LogP contribution < -0.4 is 0 Å². The van der Waals surface area contributed by atoms with Gasteiger partial charge in [-0.05, 0) is 24.5 Å². The first-order chi connectivity index (χ1) is 7.33. The second-order valence-corrected chi connectivity index (χ2v) is 3.79. The molecular weight excluding hydrogens is 184 g/mol. The molecule has 0 radical (unpaired) electrons. The van der Waals surface area contributed by atoms with Crippen LogP contribution in [0.15, 0.2) is 30.5 Å². The number of rotatable bonds is 3. The highest BCUT2D eigenvalue weighted by Crippen LogP contribution is 2.21. The van der Waals surface area contributed by atoms with E-state index in [-0.39, 0.29) is 0 Å². The molecule has 0 aliphatic rings. The minimum absolute atomic E-state index is 0.642. The Bertz CT molecular complexity index is 503. The summed E-state index contributed by atoms with van der Waals surface area (Å²) >= 11 is 0. The summed E-state index contributed by atoms with van der Waals surface area (Å²) < 4.78 is 2.15. The van der Waals surface area contributed by atoms with Gasteiger partial charge < -0.3 is 4.57 Å². The summed E-state index contributed by atoms with van der Waals surface area (Å²) in [6.07, 6.45) is 4.75. The Morgan fingerprint density at radius 2 is 2.13 bits per heavy atom. The second-order valence-electron chi connectivity index (χ2n) is 3.79. The van der Waals surface area contributed by atoms with E-state index in [0.717, 1.165) is 12.8 Å². The Morgan fingerprint density at radius 1 is 1.33 bits per heavy atom. The summed E-state index contributed by atoms with van der Waals surface area (Å²) in [6, 6.07) is 10.6. The Balaban J connectivity index is 2.32. The SMILES string of the molecule is Cn1cc(CCCC#N)c2ccccc21. The number of benzene rings is 1. The van der Waals surface area contributed by atoms with Crippen molar-refractivity contribution in [2.24, 2.45) is 7.05 Å². The zero-order valence-corrected chi connectivity index (χ0v) is 8.90. The van der Waals surface area contributed by atoms with Gasteiger partial charge in [-0.3, -0.25) is 0 Å². The van der Waals surface area contributed by atoms with Gasteiger partial charge in [0.2, 0.25) is 0 Å². The van der Waals surface area contributed by atoms with E-state index >= 15 is 0 Å². The topological polar surface area (TPSA) is 28.7 Å². The highest BCUT2D eigenvalue weighted by atomic mass is 14.9. The normalized spacial score (nSPS) is 10.4. The minimum Gasteiger partial charge on any atom is -0.350 e. The summed E-state index contributed by atoms with van der Waals surface area (Å²) in [7, 11) is 2.07. The van der Waals surface area contributed by atoms with Crippen LogP contribution in [0.3, 0.4) is 0 Å². The predicted octanol–water partition coefficient (Wildman–Crippen LogP) is 3.02. The average Bonchev–Trinajstić information content (AvgIpc) is 2.58. The Hall–Kier alpha value is -1.75. The fraction of sp³-hybridized carbons (Fsp3) is 0.308. The number of nitrogens with zero attached hydrogens (tertiary/aromatic N) is 2. The highest BCUT2D eigenvalue weighted by molar-refractivity contribution is 5.83. The number of fused-ring (bicyclic) bond motifs is 1. The summed E-state index contributed by atoms with van der Waals surface area (Å²) in [6.45, 7) is 0. The van der Waals surface area contributed by atoms with Crippen molar-refractivity contribution in [1.82, 2.24) is 4.57 Å². The number of nitriles is 1. The summed E-state index contributed by atoms with van der Waals surface area (Å²) in [4.78, 5) is 0. The zero-order valence-electron chi connectivity index (χ0n) is 8.90. The molecule has 0 aliphatic carbocycles. The third kappa shape index (κ3) is 1.87. The maximum atomic E-state index is 8.51. The van der Waals surface area contributed by atoms with E-state index in [1.54, 1.807) is 0 Å². The fourth-order valence-corrected chi connectivity index (χ4v) is 1.98. The van der Waals surface area contributed by atoms with E-state index in [4.69, 9.17) is 5.26 Å². The van der Waals surface area contributed by atoms with E-state index in [9.17, 15) is 0 Å². The number of hydrogen-bond acceptors (Lipinski definition) is 1. The van der Waals surface area contributed by atoms with Crippen LogP contribution >= 0.6 is 0 Å². The van der Waals surface area contributed by atoms with E-state index < -0.39 is 0 Å². The number of unbranched alkanes of at least 4 members (excludes halogenated alkanes) is 1. The van der Waals surface area contributed by atoms with Gasteiger partial charge in [-0.2, -0.15) is 5.26 Å². The molecule has 0 bridgehead atoms. The number of para-hydroxylation sites is 1. The molecular formula is C13H14N2. The van der Waals surface area contributed by atoms with E-state index in [1.165, 1.54) is 16.5 Å². The second kappa shape index (κ2) is 4.18. The number of hydrogen-bond donors (Lipinski definition) is 0. The van der Waals surface area contributed by atoms with Gasteiger partial charge in [-0.1, -0.05) is 18.2 Å². The van der Waals surface area contributed by atoms with Crippen molar-refractivity contribution in [2.75, 3.05) is 0 Å². The third-order valence-electron chi connectivity index (χ3n) is 2.71. The van der Waals surface area contributed by atoms with Crippen LogP contribution in [0.4, 0.5) is 0 Å². The van der Waals surface area contributed by atoms with Crippen LogP contribution in [0.1, 0.15) is 18.4 Å². The monoisotopic (exact) mass is 198 g/mol. The average molecular weight is 198 g/mol. The molecule has 2 rings (SSSR count). The van der Waals surface area contributed by atoms with Crippen molar-refractivity contribution in [3.8, 4) is 6.07 Å². The smallest absolute Gasteiger partial charge is 0.0621 e. The molecule has 2 aromatic rings. The maximum absolute atomic E-state index is 8.51. The lowest BCUT2D eigenvalue weighted by Crippen LogP contribution is -1.83. The van der Waals surface area contributed by atoms with Crippen LogP contribution in [-0.2, 0) is 13.5 Å². The van der Waals surface area contributed by atoms with E-state index in [2.05, 4.69) is 48.1 Å². The summed E-state index contributed by atoms with van der Waals surface area (Å²) in [5.41, 5.74) is 2.62. The van der Waals surface area contributed by atoms with Crippen LogP contribution in [0.2, 0.25) is 0 Å². The molecule has 0 amide bonds. The fourth-order valence-electron chi connectivity index (χ4n) is 1.98. The highest BCUT2D eigenvalue weighted by Gasteiger charge is 2.04. The molecule has 0 saturated heterocycles. The molecule has 0 N–H and O–H groups in total. The zero-order chi connectivity index (χ0) is 10.7. The molecule has 2 heteroatoms. The minimum atomic E-state index is 0.642. The van der Waals surface area contributed by atoms with Gasteiger partial charge in [0.1, 0.15) is 0 Å². The molecule has 2 nitrogen and oxygen atoms in total. The van der Waals surface area contributed by atoms with Gasteiger partial charge in [-0.15, -0.1) is 0 Å². The number of aryl methyl sites for hydroxylation is 2. The lowest BCUT2D eigenvalue weighted by atomic mass is 10.1. The van der Waals surface area contributed by atoms with Crippen LogP contribution in [0.25, 0.3) is 10.9 Å². The van der Waals surface area contributed by atoms with Crippen molar-refractivity contribution in [1.29, 1.82) is 5.26 Å². The molecule has 76 valence electrons. The molecule has 1 aromatic carbocycles. The van der Waals surface area contributed by atoms with Crippen molar-refractivity contribution < 1.29 is 0 Å². The quantitative estimate of drug-likeness (QED) is 0.697. The third-order valence-corrected chi connectivity index (χ3v) is 2.71. The first-order valence-electron chi connectivity index (χ1n) is 5.23. The van der Waals surface area contributed by atoms with Crippen LogP contribution in [0.5, 0.6) is 0 Å². The molecule has 1 aromatic heterocycles. The van der Waals surface area contributed by atoms with Crippen molar-refractivity contribution in [2.45, 2.75) is 19.3 Å².